The van der Waals surface area contributed by atoms with Gasteiger partial charge in [0.2, 0.25) is 11.7 Å². The molecule has 42 heavy (non-hydrogen) atoms. The number of ketones is 1. The van der Waals surface area contributed by atoms with E-state index in [1.54, 1.807) is 30.3 Å². The summed E-state index contributed by atoms with van der Waals surface area (Å²) in [6, 6.07) is 17.9. The molecule has 0 fully saturated rings. The lowest BCUT2D eigenvalue weighted by Gasteiger charge is -2.13. The van der Waals surface area contributed by atoms with Crippen molar-refractivity contribution in [2.24, 2.45) is 0 Å². The third-order valence-corrected chi connectivity index (χ3v) is 6.72. The van der Waals surface area contributed by atoms with Gasteiger partial charge in [-0.2, -0.15) is 8.78 Å². The minimum atomic E-state index is -3.27. The van der Waals surface area contributed by atoms with Crippen LogP contribution in [0.25, 0.3) is 22.6 Å². The fourth-order valence-corrected chi connectivity index (χ4v) is 4.77. The van der Waals surface area contributed by atoms with Crippen LogP contribution in [-0.4, -0.2) is 45.8 Å². The Kier molecular flexibility index (Phi) is 8.41. The maximum absolute atomic E-state index is 13.0. The van der Waals surface area contributed by atoms with Gasteiger partial charge in [-0.25, -0.2) is 14.5 Å². The van der Waals surface area contributed by atoms with Crippen molar-refractivity contribution in [3.8, 4) is 22.8 Å². The Hall–Kier alpha value is -4.48. The van der Waals surface area contributed by atoms with Gasteiger partial charge in [-0.3, -0.25) is 10.1 Å². The van der Waals surface area contributed by atoms with E-state index in [2.05, 4.69) is 25.5 Å². The largest absolute Gasteiger partial charge is 0.470 e. The summed E-state index contributed by atoms with van der Waals surface area (Å²) in [5, 5.41) is 10.3. The Balaban J connectivity index is 1.16. The number of benzene rings is 3. The summed E-state index contributed by atoms with van der Waals surface area (Å²) in [5.74, 6) is 0.176. The van der Waals surface area contributed by atoms with Crippen molar-refractivity contribution in [2.45, 2.75) is 19.5 Å². The van der Waals surface area contributed by atoms with E-state index in [-0.39, 0.29) is 39.6 Å². The van der Waals surface area contributed by atoms with E-state index < -0.39 is 12.1 Å². The fraction of sp³-hybridized carbons (Fsp3) is 0.172. The topological polar surface area (TPSA) is 107 Å². The number of alkyl halides is 2. The molecule has 2 amide bonds. The molecule has 0 saturated carbocycles. The van der Waals surface area contributed by atoms with Gasteiger partial charge in [0, 0.05) is 24.6 Å². The number of carbonyl (C=O) groups is 2. The van der Waals surface area contributed by atoms with Crippen LogP contribution in [0.2, 0.25) is 10.0 Å². The number of carbonyl (C=O) groups excluding carboxylic acids is 2. The van der Waals surface area contributed by atoms with Crippen LogP contribution in [0.15, 0.2) is 78.9 Å². The third-order valence-electron chi connectivity index (χ3n) is 6.09. The number of nitrogens with zero attached hydrogens (tertiary/aromatic N) is 3. The molecule has 4 aromatic rings. The molecule has 1 aromatic heterocycles. The van der Waals surface area contributed by atoms with Crippen molar-refractivity contribution in [2.75, 3.05) is 13.2 Å². The predicted octanol–water partition coefficient (Wildman–Crippen LogP) is 6.04. The van der Waals surface area contributed by atoms with Gasteiger partial charge in [0.1, 0.15) is 12.1 Å². The van der Waals surface area contributed by atoms with E-state index in [0.29, 0.717) is 37.0 Å². The van der Waals surface area contributed by atoms with E-state index in [1.807, 2.05) is 24.3 Å². The number of Topliss-reactive ketones (excluding diaryl/α,β-unsaturated/α-hetero) is 1. The van der Waals surface area contributed by atoms with Crippen LogP contribution in [0.1, 0.15) is 18.1 Å². The molecule has 5 rings (SSSR count). The van der Waals surface area contributed by atoms with Crippen LogP contribution >= 0.6 is 23.2 Å². The smallest absolute Gasteiger partial charge is 0.394 e. The van der Waals surface area contributed by atoms with Crippen LogP contribution in [0.3, 0.4) is 0 Å². The normalized spacial score (nSPS) is 13.2. The van der Waals surface area contributed by atoms with Gasteiger partial charge < -0.3 is 14.8 Å². The zero-order chi connectivity index (χ0) is 29.9. The van der Waals surface area contributed by atoms with Gasteiger partial charge in [-0.05, 0) is 48.4 Å². The average molecular weight is 614 g/mol. The first-order valence-electron chi connectivity index (χ1n) is 12.6. The number of nitrogens with one attached hydrogen (secondary N) is 2. The molecule has 9 nitrogen and oxygen atoms in total. The molecular formula is C29H23Cl2F2N5O4. The van der Waals surface area contributed by atoms with Gasteiger partial charge in [-0.15, -0.1) is 5.10 Å². The number of hydrogen-bond donors (Lipinski definition) is 2. The summed E-state index contributed by atoms with van der Waals surface area (Å²) in [4.78, 5) is 29.3. The fourth-order valence-electron chi connectivity index (χ4n) is 4.18. The van der Waals surface area contributed by atoms with Crippen molar-refractivity contribution in [1.82, 2.24) is 25.4 Å². The number of halogens is 4. The first-order chi connectivity index (χ1) is 20.1. The Morgan fingerprint density at radius 1 is 1.07 bits per heavy atom. The highest BCUT2D eigenvalue weighted by molar-refractivity contribution is 6.41. The molecule has 3 aromatic carbocycles. The van der Waals surface area contributed by atoms with Crippen LogP contribution in [0.5, 0.6) is 5.75 Å². The summed E-state index contributed by atoms with van der Waals surface area (Å²) in [6.45, 7) is 0.756. The number of aromatic nitrogens is 3. The van der Waals surface area contributed by atoms with E-state index in [9.17, 15) is 18.4 Å². The van der Waals surface area contributed by atoms with Gasteiger partial charge in [-0.1, -0.05) is 53.5 Å². The summed E-state index contributed by atoms with van der Waals surface area (Å²) in [5.41, 5.74) is 2.79. The first kappa shape index (κ1) is 29.0. The first-order valence-corrected chi connectivity index (χ1v) is 13.4. The van der Waals surface area contributed by atoms with E-state index >= 15 is 0 Å². The standard InChI is InChI=1S/C29H23Cl2F2N5O4/c1-29(32,33)42-20-11-9-19(10-12-20)38-16-35-26(37-38)18-7-5-17(6-8-18)13-14-34-28(40)36-27-25(23(39)15-41-27)24-21(30)3-2-4-22(24)31/h2-12,16H,13-15H2,1H3,(H2,34,36,40). The molecule has 0 radical (unpaired) electrons. The number of rotatable bonds is 9. The lowest BCUT2D eigenvalue weighted by Crippen LogP contribution is -2.36. The predicted molar refractivity (Wildman–Crippen MR) is 153 cm³/mol. The Morgan fingerprint density at radius 2 is 1.76 bits per heavy atom. The van der Waals surface area contributed by atoms with Crippen molar-refractivity contribution >= 4 is 40.6 Å². The number of urea groups is 1. The van der Waals surface area contributed by atoms with Crippen molar-refractivity contribution in [3.63, 3.8) is 0 Å². The zero-order valence-corrected chi connectivity index (χ0v) is 23.5. The van der Waals surface area contributed by atoms with Gasteiger partial charge in [0.15, 0.2) is 12.4 Å². The summed E-state index contributed by atoms with van der Waals surface area (Å²) in [7, 11) is 0. The molecule has 0 bridgehead atoms. The SMILES string of the molecule is CC(F)(F)Oc1ccc(-n2cnc(-c3ccc(CCNC(=O)NC4=C(c5c(Cl)cccc5Cl)C(=O)CO4)cc3)n2)cc1. The Labute approximate surface area is 249 Å². The summed E-state index contributed by atoms with van der Waals surface area (Å²) >= 11 is 12.5. The number of ether oxygens (including phenoxy) is 2. The third kappa shape index (κ3) is 6.87. The van der Waals surface area contributed by atoms with E-state index in [0.717, 1.165) is 11.1 Å². The highest BCUT2D eigenvalue weighted by Crippen LogP contribution is 2.35. The average Bonchev–Trinajstić information content (AvgIpc) is 3.56. The molecule has 2 N–H and O–H groups in total. The van der Waals surface area contributed by atoms with E-state index in [1.165, 1.54) is 23.1 Å². The molecule has 0 aliphatic carbocycles. The van der Waals surface area contributed by atoms with Gasteiger partial charge in [0.25, 0.3) is 0 Å². The maximum atomic E-state index is 13.0. The van der Waals surface area contributed by atoms with Gasteiger partial charge in [0.05, 0.1) is 21.3 Å². The number of amides is 2. The van der Waals surface area contributed by atoms with Crippen LogP contribution < -0.4 is 15.4 Å². The Morgan fingerprint density at radius 3 is 2.43 bits per heavy atom. The maximum Gasteiger partial charge on any atom is 0.394 e. The van der Waals surface area contributed by atoms with Crippen molar-refractivity contribution in [1.29, 1.82) is 0 Å². The summed E-state index contributed by atoms with van der Waals surface area (Å²) < 4.78 is 37.5. The minimum Gasteiger partial charge on any atom is -0.470 e. The lowest BCUT2D eigenvalue weighted by atomic mass is 10.0. The van der Waals surface area contributed by atoms with Crippen molar-refractivity contribution in [3.05, 3.63) is 100 Å². The van der Waals surface area contributed by atoms with Crippen LogP contribution in [0.4, 0.5) is 13.6 Å². The second-order valence-electron chi connectivity index (χ2n) is 9.26. The Bertz CT molecular complexity index is 1630. The number of hydrogen-bond acceptors (Lipinski definition) is 6. The van der Waals surface area contributed by atoms with E-state index in [4.69, 9.17) is 27.9 Å². The molecule has 0 unspecified atom stereocenters. The molecule has 1 aliphatic heterocycles. The highest BCUT2D eigenvalue weighted by Gasteiger charge is 2.30. The molecule has 13 heteroatoms. The quantitative estimate of drug-likeness (QED) is 0.238. The lowest BCUT2D eigenvalue weighted by molar-refractivity contribution is -0.158. The molecule has 216 valence electrons. The molecule has 0 saturated heterocycles. The van der Waals surface area contributed by atoms with Crippen LogP contribution in [-0.2, 0) is 16.0 Å². The molecule has 0 atom stereocenters. The van der Waals surface area contributed by atoms with Crippen LogP contribution in [0, 0.1) is 0 Å². The van der Waals surface area contributed by atoms with Crippen molar-refractivity contribution < 1.29 is 27.8 Å². The second-order valence-corrected chi connectivity index (χ2v) is 10.1. The monoisotopic (exact) mass is 613 g/mol. The molecule has 2 heterocycles. The molecule has 0 spiro atoms. The minimum absolute atomic E-state index is 0.00410. The zero-order valence-electron chi connectivity index (χ0n) is 22.0. The molecular weight excluding hydrogens is 591 g/mol. The highest BCUT2D eigenvalue weighted by atomic mass is 35.5. The summed E-state index contributed by atoms with van der Waals surface area (Å²) in [6.07, 6.45) is -1.21. The molecule has 1 aliphatic rings. The van der Waals surface area contributed by atoms with Gasteiger partial charge >= 0.3 is 12.1 Å². The second kappa shape index (κ2) is 12.2.